The molecule has 4 heteroatoms. The average molecular weight is 178 g/mol. The third-order valence-electron chi connectivity index (χ3n) is 2.24. The molecule has 12 heavy (non-hydrogen) atoms. The van der Waals surface area contributed by atoms with E-state index in [1.54, 1.807) is 0 Å². The van der Waals surface area contributed by atoms with Gasteiger partial charge in [-0.3, -0.25) is 0 Å². The second kappa shape index (κ2) is 3.70. The fourth-order valence-electron chi connectivity index (χ4n) is 1.20. The topological polar surface area (TPSA) is 80.9 Å². The van der Waals surface area contributed by atoms with Crippen LogP contribution in [0.4, 0.5) is 0 Å². The standard InChI is InChI=1S/C8H18O4/c1-6(10)8(12,4-5-9)7(2,3)11/h6,9-12H,4-5H2,1-3H3. The van der Waals surface area contributed by atoms with Crippen molar-refractivity contribution in [3.05, 3.63) is 0 Å². The highest BCUT2D eigenvalue weighted by Crippen LogP contribution is 2.28. The van der Waals surface area contributed by atoms with Crippen LogP contribution in [0.5, 0.6) is 0 Å². The number of aliphatic hydroxyl groups excluding tert-OH is 2. The molecule has 0 aromatic carbocycles. The van der Waals surface area contributed by atoms with E-state index in [4.69, 9.17) is 5.11 Å². The van der Waals surface area contributed by atoms with Gasteiger partial charge in [-0.1, -0.05) is 0 Å². The molecule has 0 saturated carbocycles. The first-order chi connectivity index (χ1) is 5.25. The molecule has 0 amide bonds. The Morgan fingerprint density at radius 1 is 1.25 bits per heavy atom. The molecular weight excluding hydrogens is 160 g/mol. The molecular formula is C8H18O4. The molecule has 0 aromatic rings. The minimum absolute atomic E-state index is 0.0475. The quantitative estimate of drug-likeness (QED) is 0.456. The molecule has 0 aliphatic carbocycles. The van der Waals surface area contributed by atoms with Gasteiger partial charge in [0.05, 0.1) is 11.7 Å². The molecule has 0 fully saturated rings. The number of hydrogen-bond donors (Lipinski definition) is 4. The van der Waals surface area contributed by atoms with Gasteiger partial charge in [0.15, 0.2) is 0 Å². The van der Waals surface area contributed by atoms with Crippen LogP contribution in [-0.4, -0.2) is 44.3 Å². The highest BCUT2D eigenvalue weighted by Gasteiger charge is 2.45. The molecule has 0 radical (unpaired) electrons. The summed E-state index contributed by atoms with van der Waals surface area (Å²) in [5.74, 6) is 0. The van der Waals surface area contributed by atoms with E-state index < -0.39 is 17.3 Å². The normalized spacial score (nSPS) is 20.2. The lowest BCUT2D eigenvalue weighted by molar-refractivity contribution is -0.189. The lowest BCUT2D eigenvalue weighted by atomic mass is 9.79. The van der Waals surface area contributed by atoms with Crippen LogP contribution >= 0.6 is 0 Å². The smallest absolute Gasteiger partial charge is 0.120 e. The summed E-state index contributed by atoms with van der Waals surface area (Å²) in [6.07, 6.45) is -1.13. The maximum absolute atomic E-state index is 9.77. The van der Waals surface area contributed by atoms with Crippen LogP contribution in [0, 0.1) is 0 Å². The van der Waals surface area contributed by atoms with Crippen LogP contribution in [0.15, 0.2) is 0 Å². The van der Waals surface area contributed by atoms with Gasteiger partial charge in [0.1, 0.15) is 5.60 Å². The molecule has 0 rings (SSSR count). The van der Waals surface area contributed by atoms with Crippen LogP contribution in [0.1, 0.15) is 27.2 Å². The minimum atomic E-state index is -1.65. The van der Waals surface area contributed by atoms with Crippen molar-refractivity contribution in [1.29, 1.82) is 0 Å². The number of hydrogen-bond acceptors (Lipinski definition) is 4. The van der Waals surface area contributed by atoms with Gasteiger partial charge < -0.3 is 20.4 Å². The van der Waals surface area contributed by atoms with Gasteiger partial charge in [0, 0.05) is 13.0 Å². The Morgan fingerprint density at radius 2 is 1.67 bits per heavy atom. The zero-order chi connectivity index (χ0) is 9.99. The molecule has 0 bridgehead atoms. The molecule has 0 aliphatic heterocycles. The van der Waals surface area contributed by atoms with E-state index in [1.807, 2.05) is 0 Å². The molecule has 0 saturated heterocycles. The van der Waals surface area contributed by atoms with Crippen molar-refractivity contribution in [2.75, 3.05) is 6.61 Å². The first-order valence-corrected chi connectivity index (χ1v) is 3.99. The zero-order valence-electron chi connectivity index (χ0n) is 7.78. The zero-order valence-corrected chi connectivity index (χ0v) is 7.78. The van der Waals surface area contributed by atoms with E-state index >= 15 is 0 Å². The molecule has 2 unspecified atom stereocenters. The fourth-order valence-corrected chi connectivity index (χ4v) is 1.20. The monoisotopic (exact) mass is 178 g/mol. The van der Waals surface area contributed by atoms with Crippen molar-refractivity contribution in [2.24, 2.45) is 0 Å². The molecule has 4 nitrogen and oxygen atoms in total. The van der Waals surface area contributed by atoms with Crippen LogP contribution in [0.3, 0.4) is 0 Å². The summed E-state index contributed by atoms with van der Waals surface area (Å²) < 4.78 is 0. The third kappa shape index (κ3) is 2.17. The Kier molecular flexibility index (Phi) is 3.65. The predicted molar refractivity (Wildman–Crippen MR) is 44.6 cm³/mol. The van der Waals surface area contributed by atoms with Gasteiger partial charge >= 0.3 is 0 Å². The Labute approximate surface area is 72.5 Å². The summed E-state index contributed by atoms with van der Waals surface area (Å²) in [5, 5.41) is 37.1. The van der Waals surface area contributed by atoms with Gasteiger partial charge in [0.2, 0.25) is 0 Å². The number of aliphatic hydroxyl groups is 4. The Bertz CT molecular complexity index is 138. The third-order valence-corrected chi connectivity index (χ3v) is 2.24. The minimum Gasteiger partial charge on any atom is -0.396 e. The van der Waals surface area contributed by atoms with Gasteiger partial charge in [0.25, 0.3) is 0 Å². The summed E-state index contributed by atoms with van der Waals surface area (Å²) in [7, 11) is 0. The molecule has 4 N–H and O–H groups in total. The first-order valence-electron chi connectivity index (χ1n) is 3.99. The van der Waals surface area contributed by atoms with Crippen molar-refractivity contribution in [1.82, 2.24) is 0 Å². The van der Waals surface area contributed by atoms with Gasteiger partial charge in [-0.2, -0.15) is 0 Å². The van der Waals surface area contributed by atoms with E-state index in [9.17, 15) is 15.3 Å². The van der Waals surface area contributed by atoms with Crippen molar-refractivity contribution < 1.29 is 20.4 Å². The molecule has 74 valence electrons. The van der Waals surface area contributed by atoms with Crippen molar-refractivity contribution >= 4 is 0 Å². The van der Waals surface area contributed by atoms with E-state index in [1.165, 1.54) is 20.8 Å². The van der Waals surface area contributed by atoms with Gasteiger partial charge in [-0.05, 0) is 20.8 Å². The summed E-state index contributed by atoms with van der Waals surface area (Å²) in [4.78, 5) is 0. The summed E-state index contributed by atoms with van der Waals surface area (Å²) in [6, 6.07) is 0. The van der Waals surface area contributed by atoms with E-state index in [0.717, 1.165) is 0 Å². The molecule has 0 aromatic heterocycles. The Hall–Kier alpha value is -0.160. The van der Waals surface area contributed by atoms with Crippen LogP contribution in [0.25, 0.3) is 0 Å². The molecule has 0 heterocycles. The average Bonchev–Trinajstić information content (AvgIpc) is 1.85. The second-order valence-electron chi connectivity index (χ2n) is 3.63. The lowest BCUT2D eigenvalue weighted by Gasteiger charge is -2.40. The van der Waals surface area contributed by atoms with Crippen LogP contribution in [0.2, 0.25) is 0 Å². The van der Waals surface area contributed by atoms with Gasteiger partial charge in [-0.25, -0.2) is 0 Å². The predicted octanol–water partition coefficient (Wildman–Crippen LogP) is -0.748. The summed E-state index contributed by atoms with van der Waals surface area (Å²) in [5.41, 5.74) is -3.08. The van der Waals surface area contributed by atoms with E-state index in [0.29, 0.717) is 0 Å². The van der Waals surface area contributed by atoms with E-state index in [-0.39, 0.29) is 13.0 Å². The lowest BCUT2D eigenvalue weighted by Crippen LogP contribution is -2.57. The maximum Gasteiger partial charge on any atom is 0.120 e. The molecule has 2 atom stereocenters. The Balaban J connectivity index is 4.62. The Morgan fingerprint density at radius 3 is 1.75 bits per heavy atom. The molecule has 0 aliphatic rings. The van der Waals surface area contributed by atoms with E-state index in [2.05, 4.69) is 0 Å². The van der Waals surface area contributed by atoms with Crippen molar-refractivity contribution in [3.63, 3.8) is 0 Å². The highest BCUT2D eigenvalue weighted by molar-refractivity contribution is 4.97. The highest BCUT2D eigenvalue weighted by atomic mass is 16.4. The summed E-state index contributed by atoms with van der Waals surface area (Å²) >= 11 is 0. The number of rotatable bonds is 4. The summed E-state index contributed by atoms with van der Waals surface area (Å²) in [6.45, 7) is 3.91. The second-order valence-corrected chi connectivity index (χ2v) is 3.63. The first kappa shape index (κ1) is 11.8. The van der Waals surface area contributed by atoms with Crippen LogP contribution in [-0.2, 0) is 0 Å². The fraction of sp³-hybridized carbons (Fsp3) is 1.00. The maximum atomic E-state index is 9.77. The SMILES string of the molecule is CC(O)C(O)(CCO)C(C)(C)O. The van der Waals surface area contributed by atoms with Gasteiger partial charge in [-0.15, -0.1) is 0 Å². The van der Waals surface area contributed by atoms with Crippen molar-refractivity contribution in [3.8, 4) is 0 Å². The largest absolute Gasteiger partial charge is 0.396 e. The molecule has 0 spiro atoms. The van der Waals surface area contributed by atoms with Crippen molar-refractivity contribution in [2.45, 2.75) is 44.5 Å². The van der Waals surface area contributed by atoms with Crippen LogP contribution < -0.4 is 0 Å².